The molecule has 0 atom stereocenters. The van der Waals surface area contributed by atoms with Crippen molar-refractivity contribution in [2.45, 2.75) is 32.7 Å². The van der Waals surface area contributed by atoms with Crippen molar-refractivity contribution in [3.05, 3.63) is 45.8 Å². The maximum absolute atomic E-state index is 13.0. The molecule has 8 nitrogen and oxygen atoms in total. The average molecular weight is 493 g/mol. The molecule has 1 saturated heterocycles. The third-order valence-electron chi connectivity index (χ3n) is 5.45. The molecule has 2 aromatic rings. The number of thiophene rings is 1. The van der Waals surface area contributed by atoms with Crippen LogP contribution in [0.3, 0.4) is 0 Å². The van der Waals surface area contributed by atoms with Crippen molar-refractivity contribution >= 4 is 46.5 Å². The minimum Gasteiger partial charge on any atom is -0.399 e. The third kappa shape index (κ3) is 6.69. The first-order chi connectivity index (χ1) is 15.5. The fraction of sp³-hybridized carbons (Fsp3) is 0.435. The van der Waals surface area contributed by atoms with Crippen LogP contribution in [0.5, 0.6) is 5.06 Å². The lowest BCUT2D eigenvalue weighted by atomic mass is 10.0. The molecular formula is C23H29ClN4O4S. The van der Waals surface area contributed by atoms with Crippen molar-refractivity contribution in [1.82, 2.24) is 15.1 Å². The Kier molecular flexibility index (Phi) is 7.99. The lowest BCUT2D eigenvalue weighted by Gasteiger charge is -2.25. The summed E-state index contributed by atoms with van der Waals surface area (Å²) in [4.78, 5) is 42.1. The van der Waals surface area contributed by atoms with Gasteiger partial charge in [0, 0.05) is 30.9 Å². The van der Waals surface area contributed by atoms with Crippen LogP contribution in [-0.4, -0.2) is 66.5 Å². The maximum Gasteiger partial charge on any atom is 0.414 e. The van der Waals surface area contributed by atoms with E-state index >= 15 is 0 Å². The number of anilines is 1. The van der Waals surface area contributed by atoms with Gasteiger partial charge in [0.15, 0.2) is 5.06 Å². The quantitative estimate of drug-likeness (QED) is 0.658. The summed E-state index contributed by atoms with van der Waals surface area (Å²) < 4.78 is 5.66. The van der Waals surface area contributed by atoms with Gasteiger partial charge in [-0.2, -0.15) is 0 Å². The molecule has 3 rings (SSSR count). The van der Waals surface area contributed by atoms with E-state index < -0.39 is 17.5 Å². The van der Waals surface area contributed by atoms with Gasteiger partial charge in [0.25, 0.3) is 5.91 Å². The van der Waals surface area contributed by atoms with Crippen LogP contribution in [0, 0.1) is 6.92 Å². The second-order valence-electron chi connectivity index (χ2n) is 8.63. The molecule has 1 aromatic carbocycles. The van der Waals surface area contributed by atoms with Crippen LogP contribution in [0.4, 0.5) is 10.5 Å². The Morgan fingerprint density at radius 3 is 2.52 bits per heavy atom. The van der Waals surface area contributed by atoms with Crippen LogP contribution >= 0.6 is 22.9 Å². The topological polar surface area (TPSA) is 91.0 Å². The minimum absolute atomic E-state index is 0.000834. The van der Waals surface area contributed by atoms with Crippen LogP contribution in [0.25, 0.3) is 0 Å². The van der Waals surface area contributed by atoms with Gasteiger partial charge in [-0.15, -0.1) is 0 Å². The van der Waals surface area contributed by atoms with Crippen molar-refractivity contribution < 1.29 is 19.1 Å². The van der Waals surface area contributed by atoms with E-state index in [1.54, 1.807) is 44.2 Å². The Morgan fingerprint density at radius 1 is 1.09 bits per heavy atom. The highest BCUT2D eigenvalue weighted by Crippen LogP contribution is 2.28. The number of nitrogens with one attached hydrogen (secondary N) is 2. The molecule has 0 saturated carbocycles. The molecule has 3 amide bonds. The van der Waals surface area contributed by atoms with E-state index in [4.69, 9.17) is 16.3 Å². The SMILES string of the molecule is Cc1cc(NC(=O)C(C)(C)NC(=O)Oc2ccc(Cl)s2)ccc1C(=O)N1CCCN(C)CC1. The molecule has 0 spiro atoms. The molecular weight excluding hydrogens is 464 g/mol. The highest BCUT2D eigenvalue weighted by atomic mass is 35.5. The minimum atomic E-state index is -1.24. The normalized spacial score (nSPS) is 15.0. The number of carbonyl (C=O) groups is 3. The van der Waals surface area contributed by atoms with E-state index in [9.17, 15) is 14.4 Å². The highest BCUT2D eigenvalue weighted by molar-refractivity contribution is 7.17. The average Bonchev–Trinajstić information content (AvgIpc) is 3.00. The number of amides is 3. The van der Waals surface area contributed by atoms with Crippen LogP contribution in [0.1, 0.15) is 36.2 Å². The van der Waals surface area contributed by atoms with Crippen molar-refractivity contribution in [3.63, 3.8) is 0 Å². The van der Waals surface area contributed by atoms with Gasteiger partial charge in [-0.3, -0.25) is 9.59 Å². The summed E-state index contributed by atoms with van der Waals surface area (Å²) in [5.41, 5.74) is 0.694. The van der Waals surface area contributed by atoms with Gasteiger partial charge in [0.2, 0.25) is 5.91 Å². The summed E-state index contributed by atoms with van der Waals surface area (Å²) >= 11 is 6.95. The van der Waals surface area contributed by atoms with Gasteiger partial charge in [-0.1, -0.05) is 22.9 Å². The number of likely N-dealkylation sites (N-methyl/N-ethyl adjacent to an activating group) is 1. The Morgan fingerprint density at radius 2 is 1.85 bits per heavy atom. The molecule has 2 N–H and O–H groups in total. The van der Waals surface area contributed by atoms with Crippen LogP contribution < -0.4 is 15.4 Å². The molecule has 0 radical (unpaired) electrons. The number of benzene rings is 1. The van der Waals surface area contributed by atoms with Crippen LogP contribution in [0.15, 0.2) is 30.3 Å². The van der Waals surface area contributed by atoms with Crippen molar-refractivity contribution in [1.29, 1.82) is 0 Å². The molecule has 1 aliphatic rings. The predicted octanol–water partition coefficient (Wildman–Crippen LogP) is 3.99. The van der Waals surface area contributed by atoms with Gasteiger partial charge in [-0.05, 0) is 76.7 Å². The monoisotopic (exact) mass is 492 g/mol. The van der Waals surface area contributed by atoms with Crippen molar-refractivity contribution in [2.24, 2.45) is 0 Å². The van der Waals surface area contributed by atoms with Crippen LogP contribution in [-0.2, 0) is 4.79 Å². The molecule has 0 aliphatic carbocycles. The van der Waals surface area contributed by atoms with Crippen molar-refractivity contribution in [3.8, 4) is 5.06 Å². The Bertz CT molecular complexity index is 1040. The second-order valence-corrected chi connectivity index (χ2v) is 10.3. The van der Waals surface area contributed by atoms with Crippen LogP contribution in [0.2, 0.25) is 4.34 Å². The van der Waals surface area contributed by atoms with E-state index in [0.717, 1.165) is 43.0 Å². The molecule has 1 aliphatic heterocycles. The van der Waals surface area contributed by atoms with Gasteiger partial charge < -0.3 is 25.2 Å². The van der Waals surface area contributed by atoms with E-state index in [-0.39, 0.29) is 5.91 Å². The number of halogens is 1. The first-order valence-electron chi connectivity index (χ1n) is 10.7. The van der Waals surface area contributed by atoms with E-state index in [1.165, 1.54) is 0 Å². The summed E-state index contributed by atoms with van der Waals surface area (Å²) in [6, 6.07) is 8.39. The number of carbonyl (C=O) groups excluding carboxylic acids is 3. The molecule has 1 fully saturated rings. The first kappa shape index (κ1) is 25.0. The number of ether oxygens (including phenoxy) is 1. The van der Waals surface area contributed by atoms with Gasteiger partial charge in [0.05, 0.1) is 4.34 Å². The summed E-state index contributed by atoms with van der Waals surface area (Å²) in [7, 11) is 2.06. The summed E-state index contributed by atoms with van der Waals surface area (Å²) in [6.45, 7) is 8.25. The summed E-state index contributed by atoms with van der Waals surface area (Å²) in [5, 5.41) is 5.69. The van der Waals surface area contributed by atoms with Crippen molar-refractivity contribution in [2.75, 3.05) is 38.5 Å². The zero-order valence-electron chi connectivity index (χ0n) is 19.2. The largest absolute Gasteiger partial charge is 0.414 e. The zero-order valence-corrected chi connectivity index (χ0v) is 20.8. The lowest BCUT2D eigenvalue weighted by Crippen LogP contribution is -2.53. The molecule has 1 aromatic heterocycles. The molecule has 0 bridgehead atoms. The second kappa shape index (κ2) is 10.5. The maximum atomic E-state index is 13.0. The number of hydrogen-bond donors (Lipinski definition) is 2. The van der Waals surface area contributed by atoms with E-state index in [2.05, 4.69) is 22.6 Å². The molecule has 2 heterocycles. The Balaban J connectivity index is 1.61. The molecule has 10 heteroatoms. The Hall–Kier alpha value is -2.62. The standard InChI is InChI=1S/C23H29ClN4O4S/c1-15-14-16(6-7-17(15)20(29)28-11-5-10-27(4)12-13-28)25-21(30)23(2,3)26-22(31)32-19-9-8-18(24)33-19/h6-9,14H,5,10-13H2,1-4H3,(H,25,30)(H,26,31). The first-order valence-corrected chi connectivity index (χ1v) is 11.9. The van der Waals surface area contributed by atoms with Gasteiger partial charge in [-0.25, -0.2) is 4.79 Å². The molecule has 0 unspecified atom stereocenters. The number of rotatable bonds is 5. The summed E-state index contributed by atoms with van der Waals surface area (Å²) in [6.07, 6.45) is 0.188. The number of hydrogen-bond acceptors (Lipinski definition) is 6. The fourth-order valence-electron chi connectivity index (χ4n) is 3.47. The predicted molar refractivity (Wildman–Crippen MR) is 130 cm³/mol. The van der Waals surface area contributed by atoms with E-state index in [1.807, 2.05) is 11.8 Å². The number of nitrogens with zero attached hydrogens (tertiary/aromatic N) is 2. The fourth-order valence-corrected chi connectivity index (χ4v) is 4.34. The van der Waals surface area contributed by atoms with Gasteiger partial charge >= 0.3 is 6.09 Å². The highest BCUT2D eigenvalue weighted by Gasteiger charge is 2.31. The lowest BCUT2D eigenvalue weighted by molar-refractivity contribution is -0.121. The molecule has 178 valence electrons. The van der Waals surface area contributed by atoms with Gasteiger partial charge in [0.1, 0.15) is 5.54 Å². The smallest absolute Gasteiger partial charge is 0.399 e. The Labute approximate surface area is 202 Å². The number of aryl methyl sites for hydroxylation is 1. The van der Waals surface area contributed by atoms with E-state index in [0.29, 0.717) is 27.2 Å². The summed E-state index contributed by atoms with van der Waals surface area (Å²) in [5.74, 6) is -0.420. The zero-order chi connectivity index (χ0) is 24.2. The third-order valence-corrected chi connectivity index (χ3v) is 6.55. The molecule has 33 heavy (non-hydrogen) atoms.